The van der Waals surface area contributed by atoms with Crippen molar-refractivity contribution in [2.75, 3.05) is 13.1 Å². The van der Waals surface area contributed by atoms with Gasteiger partial charge < -0.3 is 15.2 Å². The fourth-order valence-electron chi connectivity index (χ4n) is 4.00. The average molecular weight is 399 g/mol. The van der Waals surface area contributed by atoms with Crippen LogP contribution in [0.5, 0.6) is 0 Å². The number of pyridine rings is 1. The number of aromatic amines is 1. The van der Waals surface area contributed by atoms with Gasteiger partial charge in [0.25, 0.3) is 5.56 Å². The Morgan fingerprint density at radius 3 is 2.62 bits per heavy atom. The van der Waals surface area contributed by atoms with E-state index >= 15 is 0 Å². The molecule has 0 spiro atoms. The SMILES string of the molecule is Cc1ccc(F)c2c(=O)[nH]c(CCC(=O)N3CCC(NC(=O)C4CC4)CC3)cc12. The number of piperidine rings is 1. The van der Waals surface area contributed by atoms with Crippen LogP contribution >= 0.6 is 0 Å². The van der Waals surface area contributed by atoms with Crippen molar-refractivity contribution in [3.63, 3.8) is 0 Å². The highest BCUT2D eigenvalue weighted by molar-refractivity contribution is 5.85. The number of carbonyl (C=O) groups excluding carboxylic acids is 2. The number of nitrogens with zero attached hydrogens (tertiary/aromatic N) is 1. The van der Waals surface area contributed by atoms with E-state index in [1.165, 1.54) is 6.07 Å². The summed E-state index contributed by atoms with van der Waals surface area (Å²) < 4.78 is 14.0. The van der Waals surface area contributed by atoms with E-state index in [-0.39, 0.29) is 35.6 Å². The lowest BCUT2D eigenvalue weighted by molar-refractivity contribution is -0.132. The molecule has 2 N–H and O–H groups in total. The first kappa shape index (κ1) is 19.6. The summed E-state index contributed by atoms with van der Waals surface area (Å²) in [6.45, 7) is 3.10. The number of hydrogen-bond acceptors (Lipinski definition) is 3. The number of rotatable bonds is 5. The minimum absolute atomic E-state index is 0.0360. The Morgan fingerprint density at radius 1 is 1.21 bits per heavy atom. The summed E-state index contributed by atoms with van der Waals surface area (Å²) in [6.07, 6.45) is 4.22. The van der Waals surface area contributed by atoms with Crippen LogP contribution in [0.15, 0.2) is 23.0 Å². The molecular weight excluding hydrogens is 373 g/mol. The molecule has 1 aliphatic heterocycles. The van der Waals surface area contributed by atoms with Gasteiger partial charge in [0.2, 0.25) is 11.8 Å². The molecule has 0 unspecified atom stereocenters. The molecule has 0 radical (unpaired) electrons. The molecule has 1 saturated carbocycles. The summed E-state index contributed by atoms with van der Waals surface area (Å²) in [5.74, 6) is -0.141. The van der Waals surface area contributed by atoms with Crippen LogP contribution < -0.4 is 10.9 Å². The fourth-order valence-corrected chi connectivity index (χ4v) is 4.00. The van der Waals surface area contributed by atoms with Crippen molar-refractivity contribution in [3.8, 4) is 0 Å². The molecular formula is C22H26FN3O3. The maximum atomic E-state index is 14.0. The highest BCUT2D eigenvalue weighted by Crippen LogP contribution is 2.29. The number of carbonyl (C=O) groups is 2. The van der Waals surface area contributed by atoms with Gasteiger partial charge in [0, 0.05) is 37.2 Å². The predicted molar refractivity (Wildman–Crippen MR) is 108 cm³/mol. The quantitative estimate of drug-likeness (QED) is 0.810. The number of amides is 2. The van der Waals surface area contributed by atoms with Gasteiger partial charge in [-0.05, 0) is 62.1 Å². The standard InChI is InChI=1S/C22H26FN3O3/c1-13-2-6-18(23)20-17(13)12-16(25-22(20)29)5-7-19(27)26-10-8-15(9-11-26)24-21(28)14-3-4-14/h2,6,12,14-15H,3-5,7-11H2,1H3,(H,24,28)(H,25,29). The zero-order valence-electron chi connectivity index (χ0n) is 16.6. The Hall–Kier alpha value is -2.70. The first-order valence-corrected chi connectivity index (χ1v) is 10.3. The van der Waals surface area contributed by atoms with Crippen molar-refractivity contribution >= 4 is 22.6 Å². The molecule has 0 bridgehead atoms. The molecule has 29 heavy (non-hydrogen) atoms. The third kappa shape index (κ3) is 4.33. The normalized spacial score (nSPS) is 17.5. The molecule has 7 heteroatoms. The van der Waals surface area contributed by atoms with Crippen molar-refractivity contribution in [2.24, 2.45) is 5.92 Å². The van der Waals surface area contributed by atoms with Gasteiger partial charge in [0.15, 0.2) is 0 Å². The van der Waals surface area contributed by atoms with Gasteiger partial charge in [-0.2, -0.15) is 0 Å². The van der Waals surface area contributed by atoms with E-state index < -0.39 is 11.4 Å². The highest BCUT2D eigenvalue weighted by atomic mass is 19.1. The van der Waals surface area contributed by atoms with E-state index in [4.69, 9.17) is 0 Å². The van der Waals surface area contributed by atoms with Crippen molar-refractivity contribution in [1.29, 1.82) is 0 Å². The van der Waals surface area contributed by atoms with Crippen LogP contribution in [0.3, 0.4) is 0 Å². The molecule has 2 fully saturated rings. The lowest BCUT2D eigenvalue weighted by Crippen LogP contribution is -2.47. The molecule has 1 aliphatic carbocycles. The number of likely N-dealkylation sites (tertiary alicyclic amines) is 1. The molecule has 2 amide bonds. The number of fused-ring (bicyclic) bond motifs is 1. The highest BCUT2D eigenvalue weighted by Gasteiger charge is 2.32. The molecule has 6 nitrogen and oxygen atoms in total. The number of hydrogen-bond donors (Lipinski definition) is 2. The lowest BCUT2D eigenvalue weighted by Gasteiger charge is -2.32. The first-order chi connectivity index (χ1) is 13.9. The summed E-state index contributed by atoms with van der Waals surface area (Å²) in [5.41, 5.74) is 1.00. The summed E-state index contributed by atoms with van der Waals surface area (Å²) in [7, 11) is 0. The number of nitrogens with one attached hydrogen (secondary N) is 2. The van der Waals surface area contributed by atoms with E-state index in [1.807, 2.05) is 11.8 Å². The van der Waals surface area contributed by atoms with E-state index in [0.717, 1.165) is 31.2 Å². The van der Waals surface area contributed by atoms with Crippen LogP contribution in [-0.4, -0.2) is 40.8 Å². The molecule has 2 aliphatic rings. The Bertz CT molecular complexity index is 1000. The maximum absolute atomic E-state index is 14.0. The number of benzene rings is 1. The molecule has 1 saturated heterocycles. The molecule has 1 aromatic heterocycles. The van der Waals surface area contributed by atoms with Crippen LogP contribution in [0.1, 0.15) is 43.4 Å². The van der Waals surface area contributed by atoms with E-state index in [2.05, 4.69) is 10.3 Å². The monoisotopic (exact) mass is 399 g/mol. The predicted octanol–water partition coefficient (Wildman–Crippen LogP) is 2.43. The minimum Gasteiger partial charge on any atom is -0.353 e. The van der Waals surface area contributed by atoms with Crippen LogP contribution in [0.25, 0.3) is 10.8 Å². The van der Waals surface area contributed by atoms with E-state index in [0.29, 0.717) is 30.6 Å². The Balaban J connectivity index is 1.33. The smallest absolute Gasteiger partial charge is 0.259 e. The van der Waals surface area contributed by atoms with Crippen LogP contribution in [0, 0.1) is 18.7 Å². The number of halogens is 1. The minimum atomic E-state index is -0.536. The van der Waals surface area contributed by atoms with Crippen LogP contribution in [-0.2, 0) is 16.0 Å². The van der Waals surface area contributed by atoms with Gasteiger partial charge in [-0.3, -0.25) is 14.4 Å². The van der Waals surface area contributed by atoms with Crippen molar-refractivity contribution in [1.82, 2.24) is 15.2 Å². The molecule has 0 atom stereocenters. The van der Waals surface area contributed by atoms with Gasteiger partial charge in [0.05, 0.1) is 5.39 Å². The topological polar surface area (TPSA) is 82.3 Å². The second-order valence-corrected chi connectivity index (χ2v) is 8.21. The first-order valence-electron chi connectivity index (χ1n) is 10.3. The van der Waals surface area contributed by atoms with Crippen LogP contribution in [0.4, 0.5) is 4.39 Å². The summed E-state index contributed by atoms with van der Waals surface area (Å²) in [5, 5.41) is 3.74. The summed E-state index contributed by atoms with van der Waals surface area (Å²) in [6, 6.07) is 4.87. The molecule has 2 heterocycles. The molecule has 4 rings (SSSR count). The van der Waals surface area contributed by atoms with Crippen molar-refractivity contribution in [2.45, 2.75) is 51.5 Å². The lowest BCUT2D eigenvalue weighted by atomic mass is 10.0. The number of aromatic nitrogens is 1. The zero-order valence-corrected chi connectivity index (χ0v) is 16.6. The van der Waals surface area contributed by atoms with Gasteiger partial charge >= 0.3 is 0 Å². The third-order valence-electron chi connectivity index (χ3n) is 5.98. The van der Waals surface area contributed by atoms with Crippen molar-refractivity contribution in [3.05, 3.63) is 45.6 Å². The average Bonchev–Trinajstić information content (AvgIpc) is 3.55. The van der Waals surface area contributed by atoms with Crippen molar-refractivity contribution < 1.29 is 14.0 Å². The Labute approximate surface area is 168 Å². The van der Waals surface area contributed by atoms with E-state index in [9.17, 15) is 18.8 Å². The second kappa shape index (κ2) is 7.97. The van der Waals surface area contributed by atoms with Crippen LogP contribution in [0.2, 0.25) is 0 Å². The number of aryl methyl sites for hydroxylation is 2. The van der Waals surface area contributed by atoms with E-state index in [1.54, 1.807) is 12.1 Å². The van der Waals surface area contributed by atoms with Gasteiger partial charge in [0.1, 0.15) is 5.82 Å². The fraction of sp³-hybridized carbons (Fsp3) is 0.500. The van der Waals surface area contributed by atoms with Gasteiger partial charge in [-0.15, -0.1) is 0 Å². The van der Waals surface area contributed by atoms with Gasteiger partial charge in [-0.25, -0.2) is 4.39 Å². The molecule has 154 valence electrons. The molecule has 2 aromatic rings. The summed E-state index contributed by atoms with van der Waals surface area (Å²) >= 11 is 0. The Morgan fingerprint density at radius 2 is 1.93 bits per heavy atom. The number of H-pyrrole nitrogens is 1. The summed E-state index contributed by atoms with van der Waals surface area (Å²) in [4.78, 5) is 41.2. The zero-order chi connectivity index (χ0) is 20.5. The second-order valence-electron chi connectivity index (χ2n) is 8.21. The maximum Gasteiger partial charge on any atom is 0.259 e. The Kier molecular flexibility index (Phi) is 5.39. The van der Waals surface area contributed by atoms with Gasteiger partial charge in [-0.1, -0.05) is 6.07 Å². The molecule has 1 aromatic carbocycles. The third-order valence-corrected chi connectivity index (χ3v) is 5.98. The largest absolute Gasteiger partial charge is 0.353 e.